The Kier molecular flexibility index (Phi) is 5.06. The van der Waals surface area contributed by atoms with Gasteiger partial charge in [0.15, 0.2) is 0 Å². The summed E-state index contributed by atoms with van der Waals surface area (Å²) in [6.45, 7) is 4.94. The van der Waals surface area contributed by atoms with E-state index in [2.05, 4.69) is 27.6 Å². The van der Waals surface area contributed by atoms with E-state index in [-0.39, 0.29) is 6.03 Å². The largest absolute Gasteiger partial charge is 0.336 e. The molecule has 0 bridgehead atoms. The van der Waals surface area contributed by atoms with Crippen molar-refractivity contribution in [2.45, 2.75) is 25.8 Å². The van der Waals surface area contributed by atoms with E-state index >= 15 is 0 Å². The predicted molar refractivity (Wildman–Crippen MR) is 79.2 cm³/mol. The number of amides is 2. The molecule has 1 fully saturated rings. The van der Waals surface area contributed by atoms with Gasteiger partial charge in [0.2, 0.25) is 0 Å². The summed E-state index contributed by atoms with van der Waals surface area (Å²) in [7, 11) is 0. The number of anilines is 1. The second-order valence-corrected chi connectivity index (χ2v) is 4.90. The summed E-state index contributed by atoms with van der Waals surface area (Å²) >= 11 is 0. The van der Waals surface area contributed by atoms with Crippen LogP contribution in [0.3, 0.4) is 0 Å². The standard InChI is InChI=1S/C14H20N4O2/c1-2-18-9-3-4-13(18)10-15-14(19)16-11-5-7-12(17-20)8-6-11/h5-8,13H,2-4,9-10H2,1H3,(H2,15,16,19). The molecule has 0 saturated carbocycles. The number of urea groups is 1. The van der Waals surface area contributed by atoms with Crippen LogP contribution < -0.4 is 10.6 Å². The number of hydrogen-bond donors (Lipinski definition) is 2. The molecule has 1 aromatic carbocycles. The van der Waals surface area contributed by atoms with Crippen LogP contribution in [-0.4, -0.2) is 36.6 Å². The maximum atomic E-state index is 11.8. The topological polar surface area (TPSA) is 73.8 Å². The van der Waals surface area contributed by atoms with Gasteiger partial charge in [0.05, 0.1) is 0 Å². The number of hydrogen-bond acceptors (Lipinski definition) is 4. The van der Waals surface area contributed by atoms with Crippen molar-refractivity contribution in [1.29, 1.82) is 0 Å². The number of nitrogens with one attached hydrogen (secondary N) is 2. The van der Waals surface area contributed by atoms with E-state index in [0.29, 0.717) is 24.0 Å². The summed E-state index contributed by atoms with van der Waals surface area (Å²) in [6, 6.07) is 6.66. The summed E-state index contributed by atoms with van der Waals surface area (Å²) in [5.41, 5.74) is 0.995. The Balaban J connectivity index is 1.78. The normalized spacial score (nSPS) is 18.8. The minimum Gasteiger partial charge on any atom is -0.336 e. The van der Waals surface area contributed by atoms with Crippen molar-refractivity contribution >= 4 is 17.4 Å². The van der Waals surface area contributed by atoms with Gasteiger partial charge in [-0.05, 0) is 55.4 Å². The Morgan fingerprint density at radius 1 is 1.40 bits per heavy atom. The molecule has 2 amide bonds. The van der Waals surface area contributed by atoms with Gasteiger partial charge in [-0.25, -0.2) is 4.79 Å². The Morgan fingerprint density at radius 3 is 2.80 bits per heavy atom. The molecule has 108 valence electrons. The van der Waals surface area contributed by atoms with Crippen LogP contribution >= 0.6 is 0 Å². The van der Waals surface area contributed by atoms with E-state index in [1.807, 2.05) is 0 Å². The molecule has 1 unspecified atom stereocenters. The zero-order valence-electron chi connectivity index (χ0n) is 11.6. The molecular formula is C14H20N4O2. The maximum Gasteiger partial charge on any atom is 0.319 e. The molecule has 1 saturated heterocycles. The molecule has 0 aliphatic carbocycles. The number of benzene rings is 1. The van der Waals surface area contributed by atoms with Gasteiger partial charge in [-0.1, -0.05) is 6.92 Å². The Labute approximate surface area is 118 Å². The lowest BCUT2D eigenvalue weighted by Gasteiger charge is -2.22. The monoisotopic (exact) mass is 276 g/mol. The molecule has 0 radical (unpaired) electrons. The van der Waals surface area contributed by atoms with Crippen molar-refractivity contribution < 1.29 is 4.79 Å². The zero-order valence-corrected chi connectivity index (χ0v) is 11.6. The molecular weight excluding hydrogens is 256 g/mol. The Bertz CT molecular complexity index is 461. The number of rotatable bonds is 5. The van der Waals surface area contributed by atoms with Gasteiger partial charge in [0.25, 0.3) is 0 Å². The lowest BCUT2D eigenvalue weighted by Crippen LogP contribution is -2.41. The smallest absolute Gasteiger partial charge is 0.319 e. The lowest BCUT2D eigenvalue weighted by molar-refractivity contribution is 0.238. The number of likely N-dealkylation sites (N-methyl/N-ethyl adjacent to an activating group) is 1. The van der Waals surface area contributed by atoms with Crippen LogP contribution in [-0.2, 0) is 0 Å². The fourth-order valence-electron chi connectivity index (χ4n) is 2.53. The van der Waals surface area contributed by atoms with Gasteiger partial charge in [-0.3, -0.25) is 4.90 Å². The molecule has 0 spiro atoms. The van der Waals surface area contributed by atoms with Gasteiger partial charge < -0.3 is 10.6 Å². The van der Waals surface area contributed by atoms with Gasteiger partial charge in [-0.2, -0.15) is 0 Å². The quantitative estimate of drug-likeness (QED) is 0.812. The van der Waals surface area contributed by atoms with E-state index in [0.717, 1.165) is 19.5 Å². The van der Waals surface area contributed by atoms with E-state index in [9.17, 15) is 9.70 Å². The third-order valence-corrected chi connectivity index (χ3v) is 3.63. The first-order chi connectivity index (χ1) is 9.72. The van der Waals surface area contributed by atoms with Crippen molar-refractivity contribution in [2.75, 3.05) is 25.0 Å². The van der Waals surface area contributed by atoms with Gasteiger partial charge in [-0.15, -0.1) is 4.91 Å². The first kappa shape index (κ1) is 14.5. The molecule has 1 heterocycles. The van der Waals surface area contributed by atoms with Gasteiger partial charge >= 0.3 is 6.03 Å². The highest BCUT2D eigenvalue weighted by molar-refractivity contribution is 5.89. The number of nitroso groups, excluding NO2 is 1. The van der Waals surface area contributed by atoms with Crippen LogP contribution in [0.25, 0.3) is 0 Å². The molecule has 1 aliphatic heterocycles. The maximum absolute atomic E-state index is 11.8. The highest BCUT2D eigenvalue weighted by atomic mass is 16.3. The molecule has 2 N–H and O–H groups in total. The fourth-order valence-corrected chi connectivity index (χ4v) is 2.53. The van der Waals surface area contributed by atoms with Crippen LogP contribution in [0, 0.1) is 4.91 Å². The predicted octanol–water partition coefficient (Wildman–Crippen LogP) is 2.69. The van der Waals surface area contributed by atoms with Gasteiger partial charge in [0, 0.05) is 18.3 Å². The summed E-state index contributed by atoms with van der Waals surface area (Å²) < 4.78 is 0. The second-order valence-electron chi connectivity index (χ2n) is 4.90. The van der Waals surface area contributed by atoms with Crippen molar-refractivity contribution in [1.82, 2.24) is 10.2 Å². The number of carbonyl (C=O) groups excluding carboxylic acids is 1. The van der Waals surface area contributed by atoms with E-state index < -0.39 is 0 Å². The van der Waals surface area contributed by atoms with Gasteiger partial charge in [0.1, 0.15) is 5.69 Å². The number of carbonyl (C=O) groups is 1. The number of nitrogens with zero attached hydrogens (tertiary/aromatic N) is 2. The van der Waals surface area contributed by atoms with Crippen molar-refractivity contribution in [2.24, 2.45) is 5.18 Å². The second kappa shape index (κ2) is 7.00. The average molecular weight is 276 g/mol. The molecule has 1 aromatic rings. The number of likely N-dealkylation sites (tertiary alicyclic amines) is 1. The molecule has 20 heavy (non-hydrogen) atoms. The fraction of sp³-hybridized carbons (Fsp3) is 0.500. The summed E-state index contributed by atoms with van der Waals surface area (Å²) in [5, 5.41) is 8.44. The summed E-state index contributed by atoms with van der Waals surface area (Å²) in [5.74, 6) is 0. The van der Waals surface area contributed by atoms with E-state index in [1.54, 1.807) is 24.3 Å². The molecule has 0 aromatic heterocycles. The molecule has 1 atom stereocenters. The van der Waals surface area contributed by atoms with Crippen LogP contribution in [0.5, 0.6) is 0 Å². The Hall–Kier alpha value is -1.95. The van der Waals surface area contributed by atoms with Crippen LogP contribution in [0.2, 0.25) is 0 Å². The molecule has 1 aliphatic rings. The van der Waals surface area contributed by atoms with Crippen LogP contribution in [0.4, 0.5) is 16.2 Å². The summed E-state index contributed by atoms with van der Waals surface area (Å²) in [6.07, 6.45) is 2.33. The van der Waals surface area contributed by atoms with Crippen LogP contribution in [0.1, 0.15) is 19.8 Å². The minimum atomic E-state index is -0.222. The van der Waals surface area contributed by atoms with Crippen molar-refractivity contribution in [3.8, 4) is 0 Å². The highest BCUT2D eigenvalue weighted by Crippen LogP contribution is 2.17. The first-order valence-corrected chi connectivity index (χ1v) is 6.95. The van der Waals surface area contributed by atoms with Crippen molar-refractivity contribution in [3.63, 3.8) is 0 Å². The first-order valence-electron chi connectivity index (χ1n) is 6.95. The SMILES string of the molecule is CCN1CCCC1CNC(=O)Nc1ccc(N=O)cc1. The summed E-state index contributed by atoms with van der Waals surface area (Å²) in [4.78, 5) is 24.5. The highest BCUT2D eigenvalue weighted by Gasteiger charge is 2.22. The lowest BCUT2D eigenvalue weighted by atomic mass is 10.2. The Morgan fingerprint density at radius 2 is 2.15 bits per heavy atom. The van der Waals surface area contributed by atoms with Crippen LogP contribution in [0.15, 0.2) is 29.4 Å². The van der Waals surface area contributed by atoms with Crippen molar-refractivity contribution in [3.05, 3.63) is 29.2 Å². The van der Waals surface area contributed by atoms with E-state index in [4.69, 9.17) is 0 Å². The molecule has 2 rings (SSSR count). The minimum absolute atomic E-state index is 0.222. The third-order valence-electron chi connectivity index (χ3n) is 3.63. The van der Waals surface area contributed by atoms with E-state index in [1.165, 1.54) is 6.42 Å². The molecule has 6 heteroatoms. The zero-order chi connectivity index (χ0) is 14.4. The molecule has 6 nitrogen and oxygen atoms in total. The third kappa shape index (κ3) is 3.77. The average Bonchev–Trinajstić information content (AvgIpc) is 2.93.